The first-order valence-electron chi connectivity index (χ1n) is 7.89. The molecular formula is C15H26IN3O4Si. The van der Waals surface area contributed by atoms with Gasteiger partial charge in [0.25, 0.3) is 0 Å². The minimum absolute atomic E-state index is 0.122. The van der Waals surface area contributed by atoms with E-state index < -0.39 is 31.3 Å². The summed E-state index contributed by atoms with van der Waals surface area (Å²) in [5.74, 6) is 0.180. The zero-order valence-corrected chi connectivity index (χ0v) is 17.9. The molecule has 1 saturated heterocycles. The summed E-state index contributed by atoms with van der Waals surface area (Å²) in [5, 5.41) is 18.8. The summed E-state index contributed by atoms with van der Waals surface area (Å²) in [6, 6.07) is 0. The lowest BCUT2D eigenvalue weighted by Gasteiger charge is -2.50. The average molecular weight is 467 g/mol. The third-order valence-corrected chi connectivity index (χ3v) is 12.7. The number of nitrogen functional groups attached to an aromatic ring is 1. The highest BCUT2D eigenvalue weighted by Crippen LogP contribution is 2.51. The maximum absolute atomic E-state index is 12.6. The van der Waals surface area contributed by atoms with E-state index >= 15 is 0 Å². The van der Waals surface area contributed by atoms with E-state index in [0.29, 0.717) is 3.57 Å². The highest BCUT2D eigenvalue weighted by Gasteiger charge is 2.61. The van der Waals surface area contributed by atoms with Crippen LogP contribution in [0.5, 0.6) is 0 Å². The van der Waals surface area contributed by atoms with E-state index in [0.717, 1.165) is 0 Å². The summed E-state index contributed by atoms with van der Waals surface area (Å²) >= 11 is 2.03. The number of anilines is 1. The molecule has 2 rings (SSSR count). The Labute approximate surface area is 156 Å². The molecule has 7 nitrogen and oxygen atoms in total. The van der Waals surface area contributed by atoms with Crippen molar-refractivity contribution in [3.05, 3.63) is 20.3 Å². The molecule has 0 aliphatic carbocycles. The number of aromatic nitrogens is 2. The summed E-state index contributed by atoms with van der Waals surface area (Å²) in [6.07, 6.45) is 0.335. The fraction of sp³-hybridized carbons (Fsp3) is 0.733. The number of halogens is 1. The first-order valence-corrected chi connectivity index (χ1v) is 12.0. The molecule has 1 aliphatic rings. The van der Waals surface area contributed by atoms with E-state index in [1.54, 1.807) is 6.20 Å². The lowest BCUT2D eigenvalue weighted by atomic mass is 10.2. The summed E-state index contributed by atoms with van der Waals surface area (Å²) in [6.45, 7) is 10.3. The molecule has 1 aromatic heterocycles. The highest BCUT2D eigenvalue weighted by molar-refractivity contribution is 14.1. The van der Waals surface area contributed by atoms with Gasteiger partial charge in [0.15, 0.2) is 0 Å². The van der Waals surface area contributed by atoms with Gasteiger partial charge >= 0.3 is 5.69 Å². The molecule has 1 aromatic rings. The van der Waals surface area contributed by atoms with Crippen molar-refractivity contribution in [3.63, 3.8) is 0 Å². The van der Waals surface area contributed by atoms with Gasteiger partial charge in [0.2, 0.25) is 0 Å². The topological polar surface area (TPSA) is 111 Å². The van der Waals surface area contributed by atoms with Gasteiger partial charge < -0.3 is 20.7 Å². The second kappa shape index (κ2) is 6.34. The highest BCUT2D eigenvalue weighted by atomic mass is 127. The Morgan fingerprint density at radius 1 is 1.54 bits per heavy atom. The van der Waals surface area contributed by atoms with E-state index in [1.807, 2.05) is 22.6 Å². The number of nitrogens with zero attached hydrogens (tertiary/aromatic N) is 2. The quantitative estimate of drug-likeness (QED) is 0.456. The van der Waals surface area contributed by atoms with Crippen molar-refractivity contribution in [1.29, 1.82) is 0 Å². The van der Waals surface area contributed by atoms with Crippen LogP contribution in [-0.4, -0.2) is 46.7 Å². The van der Waals surface area contributed by atoms with Crippen LogP contribution in [0, 0.1) is 3.57 Å². The summed E-state index contributed by atoms with van der Waals surface area (Å²) in [4.78, 5) is 16.5. The lowest BCUT2D eigenvalue weighted by molar-refractivity contribution is -0.0777. The van der Waals surface area contributed by atoms with Crippen molar-refractivity contribution < 1.29 is 14.9 Å². The van der Waals surface area contributed by atoms with Crippen LogP contribution in [0.1, 0.15) is 27.2 Å². The van der Waals surface area contributed by atoms with Crippen LogP contribution >= 0.6 is 22.6 Å². The zero-order valence-electron chi connectivity index (χ0n) is 14.7. The smallest absolute Gasteiger partial charge is 0.351 e. The molecule has 0 amide bonds. The predicted molar refractivity (Wildman–Crippen MR) is 103 cm³/mol. The van der Waals surface area contributed by atoms with Crippen molar-refractivity contribution in [2.24, 2.45) is 0 Å². The summed E-state index contributed by atoms with van der Waals surface area (Å²) < 4.78 is 8.34. The number of aliphatic hydroxyl groups excluding tert-OH is 2. The number of ether oxygens (including phenoxy) is 1. The van der Waals surface area contributed by atoms with Crippen LogP contribution < -0.4 is 11.4 Å². The second-order valence-electron chi connectivity index (χ2n) is 7.90. The lowest BCUT2D eigenvalue weighted by Crippen LogP contribution is -2.63. The number of nitrogens with two attached hydrogens (primary N) is 1. The van der Waals surface area contributed by atoms with Crippen LogP contribution in [0.15, 0.2) is 11.0 Å². The maximum Gasteiger partial charge on any atom is 0.351 e. The van der Waals surface area contributed by atoms with Gasteiger partial charge in [0.05, 0.1) is 16.3 Å². The van der Waals surface area contributed by atoms with Gasteiger partial charge in [-0.2, -0.15) is 4.98 Å². The minimum atomic E-state index is -2.35. The number of hydrogen-bond donors (Lipinski definition) is 3. The zero-order chi connectivity index (χ0) is 18.5. The van der Waals surface area contributed by atoms with Crippen molar-refractivity contribution in [2.75, 3.05) is 12.3 Å². The van der Waals surface area contributed by atoms with Gasteiger partial charge in [-0.25, -0.2) is 4.79 Å². The molecule has 0 aromatic carbocycles. The number of aliphatic hydroxyl groups is 2. The van der Waals surface area contributed by atoms with E-state index in [1.165, 1.54) is 4.57 Å². The minimum Gasteiger partial charge on any atom is -0.394 e. The van der Waals surface area contributed by atoms with E-state index in [4.69, 9.17) is 10.5 Å². The molecule has 4 N–H and O–H groups in total. The molecule has 3 atom stereocenters. The van der Waals surface area contributed by atoms with Gasteiger partial charge in [-0.15, -0.1) is 0 Å². The molecule has 9 heteroatoms. The van der Waals surface area contributed by atoms with Gasteiger partial charge in [0, 0.05) is 12.6 Å². The first-order chi connectivity index (χ1) is 10.9. The molecular weight excluding hydrogens is 441 g/mol. The molecule has 0 radical (unpaired) electrons. The fourth-order valence-corrected chi connectivity index (χ4v) is 6.60. The van der Waals surface area contributed by atoms with E-state index in [9.17, 15) is 15.0 Å². The Morgan fingerprint density at radius 3 is 2.58 bits per heavy atom. The molecule has 0 saturated carbocycles. The van der Waals surface area contributed by atoms with Crippen molar-refractivity contribution in [2.45, 2.75) is 62.9 Å². The fourth-order valence-electron chi connectivity index (χ4n) is 3.10. The molecule has 2 heterocycles. The Bertz CT molecular complexity index is 688. The Hall–Kier alpha value is -0.493. The predicted octanol–water partition coefficient (Wildman–Crippen LogP) is 1.27. The third-order valence-electron chi connectivity index (χ3n) is 5.59. The Morgan fingerprint density at radius 2 is 2.12 bits per heavy atom. The van der Waals surface area contributed by atoms with Gasteiger partial charge in [0.1, 0.15) is 25.3 Å². The van der Waals surface area contributed by atoms with Crippen molar-refractivity contribution in [3.8, 4) is 0 Å². The first kappa shape index (κ1) is 19.8. The molecule has 0 spiro atoms. The second-order valence-corrected chi connectivity index (χ2v) is 14.6. The monoisotopic (exact) mass is 467 g/mol. The molecule has 0 unspecified atom stereocenters. The molecule has 136 valence electrons. The number of hydrogen-bond acceptors (Lipinski definition) is 6. The SMILES string of the molecule is CC(C)(C)[Si](C)(C)[C@]1(n2cc(I)c(N)nc2=O)C[C@H](O)[C@@H](CO)O1. The van der Waals surface area contributed by atoms with E-state index in [-0.39, 0.29) is 23.9 Å². The third kappa shape index (κ3) is 2.94. The largest absolute Gasteiger partial charge is 0.394 e. The summed E-state index contributed by atoms with van der Waals surface area (Å²) in [7, 11) is -2.35. The van der Waals surface area contributed by atoms with Gasteiger partial charge in [-0.05, 0) is 27.6 Å². The van der Waals surface area contributed by atoms with Crippen LogP contribution in [0.2, 0.25) is 18.1 Å². The molecule has 1 aliphatic heterocycles. The molecule has 1 fully saturated rings. The van der Waals surface area contributed by atoms with Crippen LogP contribution in [0.25, 0.3) is 0 Å². The summed E-state index contributed by atoms with van der Waals surface area (Å²) in [5.41, 5.74) is 5.26. The number of rotatable bonds is 3. The van der Waals surface area contributed by atoms with Crippen LogP contribution in [0.3, 0.4) is 0 Å². The average Bonchev–Trinajstić information content (AvgIpc) is 2.80. The molecule has 0 bridgehead atoms. The van der Waals surface area contributed by atoms with Gasteiger partial charge in [-0.1, -0.05) is 33.9 Å². The molecule has 24 heavy (non-hydrogen) atoms. The van der Waals surface area contributed by atoms with Crippen LogP contribution in [0.4, 0.5) is 5.82 Å². The standard InChI is InChI=1S/C15H26IN3O4Si/c1-14(2,3)24(4,5)15(6-10(21)11(8-20)23-15)19-7-9(16)12(17)18-13(19)22/h7,10-11,20-21H,6,8H2,1-5H3,(H2,17,18,22)/t10-,11+,15-/m0/s1. The van der Waals surface area contributed by atoms with Crippen molar-refractivity contribution >= 4 is 36.5 Å². The van der Waals surface area contributed by atoms with Gasteiger partial charge in [-0.3, -0.25) is 4.57 Å². The maximum atomic E-state index is 12.6. The van der Waals surface area contributed by atoms with Crippen molar-refractivity contribution in [1.82, 2.24) is 9.55 Å². The van der Waals surface area contributed by atoms with Crippen LogP contribution in [-0.2, 0) is 10.1 Å². The normalized spacial score (nSPS) is 28.3. The Balaban J connectivity index is 2.76. The Kier molecular flexibility index (Phi) is 5.24. The van der Waals surface area contributed by atoms with E-state index in [2.05, 4.69) is 38.8 Å².